The number of nitriles is 1. The van der Waals surface area contributed by atoms with E-state index in [2.05, 4.69) is 4.98 Å². The van der Waals surface area contributed by atoms with Crippen LogP contribution in [-0.4, -0.2) is 15.7 Å². The molecule has 0 radical (unpaired) electrons. The summed E-state index contributed by atoms with van der Waals surface area (Å²) in [6, 6.07) is 1.55. The zero-order chi connectivity index (χ0) is 9.19. The minimum absolute atomic E-state index is 0.229. The molecule has 6 heteroatoms. The molecule has 1 rings (SSSR count). The van der Waals surface area contributed by atoms with E-state index in [0.717, 1.165) is 17.0 Å². The van der Waals surface area contributed by atoms with E-state index >= 15 is 0 Å². The Morgan fingerprint density at radius 3 is 2.75 bits per heavy atom. The lowest BCUT2D eigenvalue weighted by atomic mass is 10.5. The summed E-state index contributed by atoms with van der Waals surface area (Å²) in [4.78, 5) is 3.42. The van der Waals surface area contributed by atoms with Crippen molar-refractivity contribution in [2.45, 2.75) is 12.7 Å². The summed E-state index contributed by atoms with van der Waals surface area (Å²) in [6.45, 7) is -1.17. The SMILES string of the molecule is N#Cc1nccn1CC(F)(F)F. The molecule has 0 N–H and O–H groups in total. The van der Waals surface area contributed by atoms with Crippen LogP contribution < -0.4 is 0 Å². The van der Waals surface area contributed by atoms with Gasteiger partial charge in [-0.3, -0.25) is 0 Å². The molecule has 0 aliphatic carbocycles. The van der Waals surface area contributed by atoms with Gasteiger partial charge < -0.3 is 4.57 Å². The lowest BCUT2D eigenvalue weighted by Gasteiger charge is -2.06. The molecule has 0 fully saturated rings. The molecule has 1 heterocycles. The van der Waals surface area contributed by atoms with Crippen molar-refractivity contribution in [1.29, 1.82) is 5.26 Å². The Bertz CT molecular complexity index is 307. The van der Waals surface area contributed by atoms with Crippen LogP contribution in [0.3, 0.4) is 0 Å². The van der Waals surface area contributed by atoms with Crippen molar-refractivity contribution in [3.8, 4) is 6.07 Å². The van der Waals surface area contributed by atoms with Crippen molar-refractivity contribution in [2.24, 2.45) is 0 Å². The van der Waals surface area contributed by atoms with E-state index in [0.29, 0.717) is 0 Å². The van der Waals surface area contributed by atoms with Crippen LogP contribution in [0.5, 0.6) is 0 Å². The second kappa shape index (κ2) is 2.85. The lowest BCUT2D eigenvalue weighted by Crippen LogP contribution is -2.18. The summed E-state index contributed by atoms with van der Waals surface area (Å²) < 4.78 is 36.1. The highest BCUT2D eigenvalue weighted by Gasteiger charge is 2.28. The van der Waals surface area contributed by atoms with Crippen LogP contribution in [0.4, 0.5) is 13.2 Å². The lowest BCUT2D eigenvalue weighted by molar-refractivity contribution is -0.140. The van der Waals surface area contributed by atoms with Crippen LogP contribution in [-0.2, 0) is 6.54 Å². The van der Waals surface area contributed by atoms with Gasteiger partial charge in [0.15, 0.2) is 0 Å². The van der Waals surface area contributed by atoms with Crippen LogP contribution in [0.2, 0.25) is 0 Å². The fourth-order valence-electron chi connectivity index (χ4n) is 0.743. The summed E-state index contributed by atoms with van der Waals surface area (Å²) in [7, 11) is 0. The molecule has 0 atom stereocenters. The Balaban J connectivity index is 2.84. The number of aromatic nitrogens is 2. The molecule has 0 aromatic carbocycles. The molecule has 0 saturated carbocycles. The molecule has 0 aliphatic heterocycles. The van der Waals surface area contributed by atoms with E-state index < -0.39 is 12.7 Å². The number of halogens is 3. The summed E-state index contributed by atoms with van der Waals surface area (Å²) in [5.41, 5.74) is 0. The third kappa shape index (κ3) is 1.99. The quantitative estimate of drug-likeness (QED) is 0.645. The van der Waals surface area contributed by atoms with Gasteiger partial charge in [-0.15, -0.1) is 0 Å². The number of imidazole rings is 1. The van der Waals surface area contributed by atoms with Gasteiger partial charge in [-0.05, 0) is 0 Å². The summed E-state index contributed by atoms with van der Waals surface area (Å²) in [5, 5.41) is 8.30. The molecule has 3 nitrogen and oxygen atoms in total. The van der Waals surface area contributed by atoms with E-state index in [1.54, 1.807) is 6.07 Å². The monoisotopic (exact) mass is 175 g/mol. The third-order valence-electron chi connectivity index (χ3n) is 1.17. The molecule has 0 amide bonds. The highest BCUT2D eigenvalue weighted by Crippen LogP contribution is 2.17. The Morgan fingerprint density at radius 2 is 2.25 bits per heavy atom. The van der Waals surface area contributed by atoms with Gasteiger partial charge in [-0.25, -0.2) is 4.98 Å². The van der Waals surface area contributed by atoms with Gasteiger partial charge in [-0.1, -0.05) is 0 Å². The van der Waals surface area contributed by atoms with Crippen molar-refractivity contribution in [3.63, 3.8) is 0 Å². The number of rotatable bonds is 1. The second-order valence-electron chi connectivity index (χ2n) is 2.11. The molecular formula is C6H4F3N3. The topological polar surface area (TPSA) is 41.6 Å². The van der Waals surface area contributed by atoms with Crippen LogP contribution in [0, 0.1) is 11.3 Å². The van der Waals surface area contributed by atoms with E-state index in [-0.39, 0.29) is 5.82 Å². The first-order chi connectivity index (χ1) is 5.53. The Labute approximate surface area is 66.1 Å². The summed E-state index contributed by atoms with van der Waals surface area (Å²) >= 11 is 0. The van der Waals surface area contributed by atoms with Crippen molar-refractivity contribution in [3.05, 3.63) is 18.2 Å². The maximum absolute atomic E-state index is 11.8. The normalized spacial score (nSPS) is 11.2. The first-order valence-corrected chi connectivity index (χ1v) is 3.01. The molecule has 12 heavy (non-hydrogen) atoms. The predicted octanol–water partition coefficient (Wildman–Crippen LogP) is 1.32. The largest absolute Gasteiger partial charge is 0.406 e. The molecule has 0 unspecified atom stereocenters. The number of hydrogen-bond acceptors (Lipinski definition) is 2. The van der Waals surface area contributed by atoms with Gasteiger partial charge in [-0.2, -0.15) is 18.4 Å². The van der Waals surface area contributed by atoms with Crippen LogP contribution in [0.15, 0.2) is 12.4 Å². The van der Waals surface area contributed by atoms with Crippen LogP contribution in [0.25, 0.3) is 0 Å². The Hall–Kier alpha value is -1.51. The second-order valence-corrected chi connectivity index (χ2v) is 2.11. The molecule has 0 spiro atoms. The fraction of sp³-hybridized carbons (Fsp3) is 0.333. The van der Waals surface area contributed by atoms with Gasteiger partial charge in [0.05, 0.1) is 0 Å². The number of hydrogen-bond donors (Lipinski definition) is 0. The zero-order valence-electron chi connectivity index (χ0n) is 5.84. The van der Waals surface area contributed by atoms with E-state index in [9.17, 15) is 13.2 Å². The van der Waals surface area contributed by atoms with Gasteiger partial charge in [0.25, 0.3) is 0 Å². The average molecular weight is 175 g/mol. The van der Waals surface area contributed by atoms with Crippen molar-refractivity contribution in [1.82, 2.24) is 9.55 Å². The standard InChI is InChI=1S/C6H4F3N3/c7-6(8,9)4-12-2-1-11-5(12)3-10/h1-2H,4H2. The van der Waals surface area contributed by atoms with Gasteiger partial charge >= 0.3 is 6.18 Å². The van der Waals surface area contributed by atoms with Crippen LogP contribution >= 0.6 is 0 Å². The molecule has 0 saturated heterocycles. The molecule has 64 valence electrons. The van der Waals surface area contributed by atoms with E-state index in [1.807, 2.05) is 0 Å². The van der Waals surface area contributed by atoms with Gasteiger partial charge in [0, 0.05) is 12.4 Å². The maximum atomic E-state index is 11.8. The minimum Gasteiger partial charge on any atom is -0.314 e. The first kappa shape index (κ1) is 8.59. The average Bonchev–Trinajstić information content (AvgIpc) is 2.31. The predicted molar refractivity (Wildman–Crippen MR) is 33.0 cm³/mol. The smallest absolute Gasteiger partial charge is 0.314 e. The fourth-order valence-corrected chi connectivity index (χ4v) is 0.743. The van der Waals surface area contributed by atoms with Gasteiger partial charge in [0.1, 0.15) is 12.6 Å². The third-order valence-corrected chi connectivity index (χ3v) is 1.17. The Morgan fingerprint density at radius 1 is 1.58 bits per heavy atom. The van der Waals surface area contributed by atoms with Crippen LogP contribution in [0.1, 0.15) is 5.82 Å². The zero-order valence-corrected chi connectivity index (χ0v) is 5.84. The molecule has 0 aliphatic rings. The maximum Gasteiger partial charge on any atom is 0.406 e. The molecule has 1 aromatic rings. The van der Waals surface area contributed by atoms with Gasteiger partial charge in [0.2, 0.25) is 5.82 Å². The molecule has 1 aromatic heterocycles. The van der Waals surface area contributed by atoms with Crippen molar-refractivity contribution in [2.75, 3.05) is 0 Å². The summed E-state index contributed by atoms with van der Waals surface area (Å²) in [5.74, 6) is -0.229. The van der Waals surface area contributed by atoms with E-state index in [4.69, 9.17) is 5.26 Å². The van der Waals surface area contributed by atoms with Crippen molar-refractivity contribution < 1.29 is 13.2 Å². The summed E-state index contributed by atoms with van der Waals surface area (Å²) in [6.07, 6.45) is -2.04. The highest BCUT2D eigenvalue weighted by atomic mass is 19.4. The number of alkyl halides is 3. The Kier molecular flexibility index (Phi) is 2.04. The molecular weight excluding hydrogens is 171 g/mol. The van der Waals surface area contributed by atoms with E-state index in [1.165, 1.54) is 0 Å². The number of nitrogens with zero attached hydrogens (tertiary/aromatic N) is 3. The van der Waals surface area contributed by atoms with Crippen molar-refractivity contribution >= 4 is 0 Å². The first-order valence-electron chi connectivity index (χ1n) is 3.01. The minimum atomic E-state index is -4.31. The molecule has 0 bridgehead atoms. The highest BCUT2D eigenvalue weighted by molar-refractivity contribution is 5.11.